The number of nitrogens with zero attached hydrogens (tertiary/aromatic N) is 2. The number of allylic oxidation sites excluding steroid dienone is 1. The monoisotopic (exact) mass is 1080 g/mol. The van der Waals surface area contributed by atoms with E-state index in [0.717, 1.165) is 96.3 Å². The van der Waals surface area contributed by atoms with Crippen molar-refractivity contribution in [2.75, 3.05) is 33.0 Å². The summed E-state index contributed by atoms with van der Waals surface area (Å²) in [6, 6.07) is -0.122. The molecule has 0 saturated carbocycles. The predicted molar refractivity (Wildman–Crippen MR) is 307 cm³/mol. The molecule has 0 aromatic carbocycles. The molecule has 1 rings (SSSR count). The molecule has 1 aliphatic rings. The van der Waals surface area contributed by atoms with E-state index in [2.05, 4.69) is 32.7 Å². The van der Waals surface area contributed by atoms with Crippen molar-refractivity contribution in [2.24, 2.45) is 22.7 Å². The highest BCUT2D eigenvalue weighted by molar-refractivity contribution is 5.81. The average molecular weight is 1080 g/mol. The average Bonchev–Trinajstić information content (AvgIpc) is 3.87. The van der Waals surface area contributed by atoms with Crippen LogP contribution in [0.2, 0.25) is 0 Å². The van der Waals surface area contributed by atoms with Crippen molar-refractivity contribution in [2.45, 2.75) is 286 Å². The standard InChI is InChI=1S/C33H59NO7.C24H44O5.C5H9N/c1-5-8-10-12-14-16-21-39-30(35)23-28(24-31(36)40-22-17-15-13-11-9-6-2)25-32(37)41-26-29-19-18-20-34(29)33(38)27(4)7-3;1-3-5-7-9-11-12-14-16-22(25)18-21(19-23(26)27)20-24(28)29-17-15-13-10-8-6-4-2;1-3-5-6-4-2/h27-29H,5-26H2,1-4H3;21H,3-20H2,1-2H3,(H,26,27);3-5H,1-2H3/b;;5-3-,6-4?. The second-order valence-electron chi connectivity index (χ2n) is 20.9. The van der Waals surface area contributed by atoms with Crippen LogP contribution in [0.4, 0.5) is 0 Å². The molecule has 0 aliphatic carbocycles. The fourth-order valence-corrected chi connectivity index (χ4v) is 8.89. The molecule has 0 spiro atoms. The smallest absolute Gasteiger partial charge is 0.306 e. The first kappa shape index (κ1) is 74.0. The van der Waals surface area contributed by atoms with Gasteiger partial charge in [-0.2, -0.15) is 0 Å². The number of unbranched alkanes of at least 4 members (excludes halogenated alkanes) is 21. The first-order valence-corrected chi connectivity index (χ1v) is 30.5. The van der Waals surface area contributed by atoms with Crippen LogP contribution in [0.25, 0.3) is 0 Å². The number of hydrogen-bond donors (Lipinski definition) is 1. The Kier molecular flexibility index (Phi) is 52.8. The minimum absolute atomic E-state index is 0.0187. The van der Waals surface area contributed by atoms with Crippen LogP contribution >= 0.6 is 0 Å². The van der Waals surface area contributed by atoms with Crippen molar-refractivity contribution >= 4 is 47.8 Å². The third-order valence-electron chi connectivity index (χ3n) is 13.7. The lowest BCUT2D eigenvalue weighted by atomic mass is 9.93. The number of carboxylic acid groups (broad SMARTS) is 1. The highest BCUT2D eigenvalue weighted by Crippen LogP contribution is 2.23. The molecule has 1 amide bonds. The Bertz CT molecular complexity index is 1460. The Morgan fingerprint density at radius 2 is 0.908 bits per heavy atom. The van der Waals surface area contributed by atoms with Crippen LogP contribution in [0, 0.1) is 17.8 Å². The molecule has 1 aliphatic heterocycles. The Morgan fingerprint density at radius 1 is 0.526 bits per heavy atom. The minimum Gasteiger partial charge on any atom is -0.481 e. The summed E-state index contributed by atoms with van der Waals surface area (Å²) in [6.45, 7) is 18.4. The van der Waals surface area contributed by atoms with E-state index in [0.29, 0.717) is 32.8 Å². The number of hydrogen-bond acceptors (Lipinski definition) is 12. The van der Waals surface area contributed by atoms with Gasteiger partial charge >= 0.3 is 29.8 Å². The minimum atomic E-state index is -0.970. The Balaban J connectivity index is 0. The van der Waals surface area contributed by atoms with Gasteiger partial charge in [0.2, 0.25) is 5.91 Å². The molecule has 0 bridgehead atoms. The Morgan fingerprint density at radius 3 is 1.28 bits per heavy atom. The molecule has 0 radical (unpaired) electrons. The lowest BCUT2D eigenvalue weighted by Gasteiger charge is -2.27. The summed E-state index contributed by atoms with van der Waals surface area (Å²) in [5.74, 6) is -3.51. The molecule has 1 N–H and O–H groups in total. The summed E-state index contributed by atoms with van der Waals surface area (Å²) in [5.41, 5.74) is 0. The molecule has 1 saturated heterocycles. The lowest BCUT2D eigenvalue weighted by Crippen LogP contribution is -2.41. The van der Waals surface area contributed by atoms with Gasteiger partial charge < -0.3 is 29.0 Å². The van der Waals surface area contributed by atoms with E-state index in [1.54, 1.807) is 12.4 Å². The first-order valence-electron chi connectivity index (χ1n) is 30.5. The van der Waals surface area contributed by atoms with Gasteiger partial charge in [-0.05, 0) is 70.6 Å². The predicted octanol–water partition coefficient (Wildman–Crippen LogP) is 15.2. The number of likely N-dealkylation sites (tertiary alicyclic amines) is 1. The van der Waals surface area contributed by atoms with Gasteiger partial charge in [0.15, 0.2) is 0 Å². The van der Waals surface area contributed by atoms with Gasteiger partial charge in [-0.3, -0.25) is 38.6 Å². The zero-order chi connectivity index (χ0) is 56.9. The highest BCUT2D eigenvalue weighted by Gasteiger charge is 2.32. The molecule has 14 heteroatoms. The summed E-state index contributed by atoms with van der Waals surface area (Å²) in [6.07, 6.45) is 36.1. The number of esters is 4. The van der Waals surface area contributed by atoms with Gasteiger partial charge in [-0.15, -0.1) is 0 Å². The SMILES string of the molecule is CC=N/C=C\C.CCCCCCCCCC(=O)CC(CC(=O)O)CC(=O)OCCCCCCCC.CCCCCCCCOC(=O)CC(CC(=O)OCCCCCCCC)CC(=O)OCC1CCCN1C(=O)C(C)CC. The van der Waals surface area contributed by atoms with Gasteiger partial charge in [-0.1, -0.05) is 182 Å². The number of ketones is 1. The number of carboxylic acids is 1. The summed E-state index contributed by atoms with van der Waals surface area (Å²) < 4.78 is 21.6. The summed E-state index contributed by atoms with van der Waals surface area (Å²) >= 11 is 0. The van der Waals surface area contributed by atoms with Crippen LogP contribution in [-0.2, 0) is 52.5 Å². The Labute approximate surface area is 462 Å². The van der Waals surface area contributed by atoms with Gasteiger partial charge in [0.05, 0.1) is 25.9 Å². The van der Waals surface area contributed by atoms with E-state index < -0.39 is 35.7 Å². The molecule has 0 aromatic rings. The maximum atomic E-state index is 12.8. The maximum absolute atomic E-state index is 12.8. The van der Waals surface area contributed by atoms with Crippen LogP contribution in [0.3, 0.4) is 0 Å². The van der Waals surface area contributed by atoms with Crippen LogP contribution in [0.1, 0.15) is 280 Å². The summed E-state index contributed by atoms with van der Waals surface area (Å²) in [7, 11) is 0. The summed E-state index contributed by atoms with van der Waals surface area (Å²) in [5, 5.41) is 9.08. The number of aliphatic carboxylic acids is 1. The number of aliphatic imine (C=N–C) groups is 1. The quantitative estimate of drug-likeness (QED) is 0.0263. The third-order valence-corrected chi connectivity index (χ3v) is 13.7. The van der Waals surface area contributed by atoms with Crippen molar-refractivity contribution in [1.82, 2.24) is 4.90 Å². The van der Waals surface area contributed by atoms with Gasteiger partial charge in [-0.25, -0.2) is 0 Å². The highest BCUT2D eigenvalue weighted by atomic mass is 16.5. The first-order chi connectivity index (χ1) is 36.7. The molecule has 14 nitrogen and oxygen atoms in total. The molecule has 3 atom stereocenters. The fourth-order valence-electron chi connectivity index (χ4n) is 8.89. The molecular weight excluding hydrogens is 965 g/mol. The molecule has 76 heavy (non-hydrogen) atoms. The van der Waals surface area contributed by atoms with Gasteiger partial charge in [0.1, 0.15) is 12.4 Å². The van der Waals surface area contributed by atoms with Gasteiger partial charge in [0.25, 0.3) is 0 Å². The van der Waals surface area contributed by atoms with Crippen molar-refractivity contribution in [3.8, 4) is 0 Å². The third kappa shape index (κ3) is 47.1. The normalized spacial score (nSPS) is 13.9. The number of amides is 1. The zero-order valence-electron chi connectivity index (χ0n) is 49.7. The van der Waals surface area contributed by atoms with E-state index in [1.807, 2.05) is 38.7 Å². The van der Waals surface area contributed by atoms with Crippen LogP contribution in [0.5, 0.6) is 0 Å². The molecule has 3 unspecified atom stereocenters. The van der Waals surface area contributed by atoms with E-state index in [4.69, 9.17) is 24.1 Å². The van der Waals surface area contributed by atoms with E-state index >= 15 is 0 Å². The maximum Gasteiger partial charge on any atom is 0.306 e. The van der Waals surface area contributed by atoms with E-state index in [9.17, 15) is 33.6 Å². The molecule has 1 fully saturated rings. The van der Waals surface area contributed by atoms with Crippen LogP contribution in [0.15, 0.2) is 17.3 Å². The van der Waals surface area contributed by atoms with Crippen molar-refractivity contribution in [3.05, 3.63) is 12.3 Å². The largest absolute Gasteiger partial charge is 0.481 e. The van der Waals surface area contributed by atoms with Crippen LogP contribution in [-0.4, -0.2) is 96.8 Å². The molecule has 0 aromatic heterocycles. The zero-order valence-corrected chi connectivity index (χ0v) is 49.7. The van der Waals surface area contributed by atoms with Crippen LogP contribution < -0.4 is 0 Å². The number of rotatable bonds is 46. The summed E-state index contributed by atoms with van der Waals surface area (Å²) in [4.78, 5) is 91.4. The molecule has 442 valence electrons. The fraction of sp³-hybridized carbons (Fsp3) is 0.839. The van der Waals surface area contributed by atoms with Crippen molar-refractivity contribution in [1.29, 1.82) is 0 Å². The molecular formula is C62H112N2O12. The second-order valence-corrected chi connectivity index (χ2v) is 20.9. The number of carbonyl (C=O) groups excluding carboxylic acids is 6. The van der Waals surface area contributed by atoms with E-state index in [-0.39, 0.29) is 74.8 Å². The number of ether oxygens (including phenoxy) is 4. The number of carbonyl (C=O) groups is 7. The Hall–Kier alpha value is -4.10. The van der Waals surface area contributed by atoms with E-state index in [1.165, 1.54) is 83.5 Å². The van der Waals surface area contributed by atoms with Gasteiger partial charge in [0, 0.05) is 69.8 Å². The van der Waals surface area contributed by atoms with Crippen molar-refractivity contribution in [3.63, 3.8) is 0 Å². The second kappa shape index (κ2) is 54.3. The topological polar surface area (TPSA) is 192 Å². The lowest BCUT2D eigenvalue weighted by molar-refractivity contribution is -0.152. The molecule has 1 heterocycles. The van der Waals surface area contributed by atoms with Crippen molar-refractivity contribution < 1.29 is 57.6 Å². The number of Topliss-reactive ketones (excluding diaryl/α,β-unsaturated/α-hetero) is 1.